The summed E-state index contributed by atoms with van der Waals surface area (Å²) in [5.74, 6) is 0.531. The van der Waals surface area contributed by atoms with E-state index in [-0.39, 0.29) is 6.09 Å². The summed E-state index contributed by atoms with van der Waals surface area (Å²) in [6.45, 7) is 9.49. The highest BCUT2D eigenvalue weighted by Crippen LogP contribution is 2.13. The van der Waals surface area contributed by atoms with Crippen LogP contribution in [0.2, 0.25) is 0 Å². The smallest absolute Gasteiger partial charge is 0.407 e. The number of alkyl carbamates (subject to hydrolysis) is 1. The molecule has 0 aromatic rings. The molecule has 1 aliphatic rings. The van der Waals surface area contributed by atoms with Gasteiger partial charge < -0.3 is 15.4 Å². The number of rotatable bonds is 2. The van der Waals surface area contributed by atoms with Gasteiger partial charge in [0.1, 0.15) is 5.60 Å². The van der Waals surface area contributed by atoms with Gasteiger partial charge in [-0.2, -0.15) is 0 Å². The molecule has 2 atom stereocenters. The van der Waals surface area contributed by atoms with Crippen LogP contribution in [0.4, 0.5) is 4.79 Å². The number of ether oxygens (including phenoxy) is 1. The van der Waals surface area contributed by atoms with Gasteiger partial charge in [0.2, 0.25) is 0 Å². The lowest BCUT2D eigenvalue weighted by Crippen LogP contribution is -2.43. The zero-order chi connectivity index (χ0) is 12.2. The van der Waals surface area contributed by atoms with Gasteiger partial charge >= 0.3 is 6.09 Å². The second kappa shape index (κ2) is 5.53. The maximum Gasteiger partial charge on any atom is 0.407 e. The van der Waals surface area contributed by atoms with Gasteiger partial charge in [-0.15, -0.1) is 0 Å². The molecule has 4 nitrogen and oxygen atoms in total. The van der Waals surface area contributed by atoms with E-state index in [0.29, 0.717) is 18.5 Å². The van der Waals surface area contributed by atoms with Crippen LogP contribution < -0.4 is 10.6 Å². The molecule has 0 aromatic carbocycles. The molecule has 1 rings (SSSR count). The van der Waals surface area contributed by atoms with Crippen molar-refractivity contribution in [3.8, 4) is 0 Å². The second-order valence-electron chi connectivity index (χ2n) is 5.64. The molecule has 1 amide bonds. The molecule has 1 fully saturated rings. The number of amides is 1. The fourth-order valence-electron chi connectivity index (χ4n) is 1.77. The van der Waals surface area contributed by atoms with Gasteiger partial charge in [-0.1, -0.05) is 0 Å². The van der Waals surface area contributed by atoms with Crippen LogP contribution in [0.25, 0.3) is 0 Å². The molecule has 0 bridgehead atoms. The second-order valence-corrected chi connectivity index (χ2v) is 5.64. The van der Waals surface area contributed by atoms with Crippen LogP contribution in [0.15, 0.2) is 0 Å². The summed E-state index contributed by atoms with van der Waals surface area (Å²) in [5.41, 5.74) is -0.413. The van der Waals surface area contributed by atoms with E-state index in [0.717, 1.165) is 6.54 Å². The van der Waals surface area contributed by atoms with Crippen molar-refractivity contribution in [2.45, 2.75) is 52.2 Å². The van der Waals surface area contributed by atoms with Gasteiger partial charge in [0, 0.05) is 12.6 Å². The molecule has 4 heteroatoms. The van der Waals surface area contributed by atoms with Crippen molar-refractivity contribution in [1.82, 2.24) is 10.6 Å². The Balaban J connectivity index is 2.17. The van der Waals surface area contributed by atoms with Crippen LogP contribution in [-0.2, 0) is 4.74 Å². The van der Waals surface area contributed by atoms with Crippen LogP contribution in [0.1, 0.15) is 40.5 Å². The molecule has 1 saturated heterocycles. The average Bonchev–Trinajstić information content (AvgIpc) is 2.14. The standard InChI is InChI=1S/C12H24N2O2/c1-9-5-6-10(7-13-9)8-14-11(15)16-12(2,3)4/h9-10,13H,5-8H2,1-4H3,(H,14,15)/t9-,10+/m1/s1. The van der Waals surface area contributed by atoms with Gasteiger partial charge in [0.25, 0.3) is 0 Å². The highest BCUT2D eigenvalue weighted by atomic mass is 16.6. The van der Waals surface area contributed by atoms with Crippen LogP contribution in [-0.4, -0.2) is 30.8 Å². The molecule has 2 N–H and O–H groups in total. The Bertz CT molecular complexity index is 228. The lowest BCUT2D eigenvalue weighted by Gasteiger charge is -2.28. The van der Waals surface area contributed by atoms with E-state index in [9.17, 15) is 4.79 Å². The quantitative estimate of drug-likeness (QED) is 0.759. The Morgan fingerprint density at radius 2 is 2.12 bits per heavy atom. The van der Waals surface area contributed by atoms with Crippen molar-refractivity contribution < 1.29 is 9.53 Å². The van der Waals surface area contributed by atoms with Crippen molar-refractivity contribution in [2.75, 3.05) is 13.1 Å². The van der Waals surface area contributed by atoms with Gasteiger partial charge in [-0.25, -0.2) is 4.79 Å². The summed E-state index contributed by atoms with van der Waals surface area (Å²) in [5, 5.41) is 6.23. The van der Waals surface area contributed by atoms with E-state index in [2.05, 4.69) is 17.6 Å². The van der Waals surface area contributed by atoms with E-state index in [1.807, 2.05) is 20.8 Å². The van der Waals surface area contributed by atoms with E-state index < -0.39 is 5.60 Å². The molecule has 0 spiro atoms. The minimum absolute atomic E-state index is 0.314. The van der Waals surface area contributed by atoms with Gasteiger partial charge in [0.05, 0.1) is 0 Å². The molecule has 1 heterocycles. The zero-order valence-electron chi connectivity index (χ0n) is 10.8. The summed E-state index contributed by atoms with van der Waals surface area (Å²) in [4.78, 5) is 11.4. The number of carbonyl (C=O) groups excluding carboxylic acids is 1. The normalized spacial score (nSPS) is 26.2. The highest BCUT2D eigenvalue weighted by molar-refractivity contribution is 5.67. The third kappa shape index (κ3) is 5.35. The topological polar surface area (TPSA) is 50.4 Å². The minimum atomic E-state index is -0.413. The minimum Gasteiger partial charge on any atom is -0.444 e. The molecule has 0 saturated carbocycles. The fourth-order valence-corrected chi connectivity index (χ4v) is 1.77. The monoisotopic (exact) mass is 228 g/mol. The molecule has 0 aliphatic carbocycles. The van der Waals surface area contributed by atoms with Gasteiger partial charge in [-0.05, 0) is 53.0 Å². The zero-order valence-corrected chi connectivity index (χ0v) is 10.8. The van der Waals surface area contributed by atoms with E-state index in [4.69, 9.17) is 4.74 Å². The Morgan fingerprint density at radius 3 is 2.62 bits per heavy atom. The number of hydrogen-bond acceptors (Lipinski definition) is 3. The van der Waals surface area contributed by atoms with E-state index in [1.54, 1.807) is 0 Å². The van der Waals surface area contributed by atoms with Crippen LogP contribution in [0, 0.1) is 5.92 Å². The van der Waals surface area contributed by atoms with Gasteiger partial charge in [-0.3, -0.25) is 0 Å². The van der Waals surface area contributed by atoms with Crippen LogP contribution in [0.3, 0.4) is 0 Å². The van der Waals surface area contributed by atoms with Crippen molar-refractivity contribution in [1.29, 1.82) is 0 Å². The number of nitrogens with one attached hydrogen (secondary N) is 2. The maximum absolute atomic E-state index is 11.4. The Hall–Kier alpha value is -0.770. The van der Waals surface area contributed by atoms with Gasteiger partial charge in [0.15, 0.2) is 0 Å². The number of carbonyl (C=O) groups is 1. The first-order valence-corrected chi connectivity index (χ1v) is 6.07. The Labute approximate surface area is 98.1 Å². The highest BCUT2D eigenvalue weighted by Gasteiger charge is 2.20. The molecule has 94 valence electrons. The first-order chi connectivity index (χ1) is 7.37. The SMILES string of the molecule is C[C@@H]1CC[C@H](CNC(=O)OC(C)(C)C)CN1. The Morgan fingerprint density at radius 1 is 1.44 bits per heavy atom. The molecule has 0 aromatic heterocycles. The number of piperidine rings is 1. The average molecular weight is 228 g/mol. The largest absolute Gasteiger partial charge is 0.444 e. The first-order valence-electron chi connectivity index (χ1n) is 6.07. The van der Waals surface area contributed by atoms with Crippen molar-refractivity contribution >= 4 is 6.09 Å². The van der Waals surface area contributed by atoms with Crippen molar-refractivity contribution in [3.05, 3.63) is 0 Å². The molecule has 16 heavy (non-hydrogen) atoms. The number of hydrogen-bond donors (Lipinski definition) is 2. The summed E-state index contributed by atoms with van der Waals surface area (Å²) < 4.78 is 5.18. The first kappa shape index (κ1) is 13.3. The molecule has 0 radical (unpaired) electrons. The summed E-state index contributed by atoms with van der Waals surface area (Å²) in [6, 6.07) is 0.609. The molecule has 1 aliphatic heterocycles. The van der Waals surface area contributed by atoms with Crippen molar-refractivity contribution in [3.63, 3.8) is 0 Å². The molecular weight excluding hydrogens is 204 g/mol. The van der Waals surface area contributed by atoms with Crippen molar-refractivity contribution in [2.24, 2.45) is 5.92 Å². The summed E-state index contributed by atoms with van der Waals surface area (Å²) in [6.07, 6.45) is 2.04. The predicted octanol–water partition coefficient (Wildman–Crippen LogP) is 1.90. The van der Waals surface area contributed by atoms with E-state index in [1.165, 1.54) is 12.8 Å². The maximum atomic E-state index is 11.4. The van der Waals surface area contributed by atoms with Crippen LogP contribution in [0.5, 0.6) is 0 Å². The molecule has 0 unspecified atom stereocenters. The van der Waals surface area contributed by atoms with E-state index >= 15 is 0 Å². The molecular formula is C12H24N2O2. The fraction of sp³-hybridized carbons (Fsp3) is 0.917. The summed E-state index contributed by atoms with van der Waals surface area (Å²) >= 11 is 0. The third-order valence-electron chi connectivity index (χ3n) is 2.70. The van der Waals surface area contributed by atoms with Crippen LogP contribution >= 0.6 is 0 Å². The summed E-state index contributed by atoms with van der Waals surface area (Å²) in [7, 11) is 0. The third-order valence-corrected chi connectivity index (χ3v) is 2.70. The Kier molecular flexibility index (Phi) is 4.59. The lowest BCUT2D eigenvalue weighted by atomic mass is 9.95. The lowest BCUT2D eigenvalue weighted by molar-refractivity contribution is 0.0516. The predicted molar refractivity (Wildman–Crippen MR) is 64.4 cm³/mol.